The third kappa shape index (κ3) is 18.5. The molecule has 0 amide bonds. The number of rotatable bonds is 20. The summed E-state index contributed by atoms with van der Waals surface area (Å²) in [7, 11) is 0. The molecule has 0 aromatic heterocycles. The van der Waals surface area contributed by atoms with Crippen LogP contribution in [0.15, 0.2) is 0 Å². The van der Waals surface area contributed by atoms with Gasteiger partial charge in [0.05, 0.1) is 0 Å². The van der Waals surface area contributed by atoms with Crippen LogP contribution in [-0.4, -0.2) is 53.1 Å². The van der Waals surface area contributed by atoms with Gasteiger partial charge in [0.15, 0.2) is 0 Å². The summed E-state index contributed by atoms with van der Waals surface area (Å²) in [5.41, 5.74) is 0. The molecule has 0 aromatic carbocycles. The number of thioether (sulfide) groups is 2. The molecule has 7 heteroatoms. The quantitative estimate of drug-likeness (QED) is 0.108. The Bertz CT molecular complexity index is 434. The van der Waals surface area contributed by atoms with Crippen LogP contribution in [0.3, 0.4) is 0 Å². The van der Waals surface area contributed by atoms with Crippen LogP contribution in [0, 0.1) is 0 Å². The van der Waals surface area contributed by atoms with Crippen molar-refractivity contribution in [2.24, 2.45) is 0 Å². The molecule has 0 bridgehead atoms. The van der Waals surface area contributed by atoms with E-state index in [0.29, 0.717) is 0 Å². The van der Waals surface area contributed by atoms with Crippen molar-refractivity contribution >= 4 is 54.7 Å². The summed E-state index contributed by atoms with van der Waals surface area (Å²) < 4.78 is 11.4. The minimum absolute atomic E-state index is 0.204. The van der Waals surface area contributed by atoms with Crippen molar-refractivity contribution in [2.75, 3.05) is 11.5 Å². The van der Waals surface area contributed by atoms with Gasteiger partial charge in [-0.05, 0) is 0 Å². The number of carbonyl (C=O) groups is 2. The van der Waals surface area contributed by atoms with E-state index in [1.165, 1.54) is 64.2 Å². The third-order valence-corrected chi connectivity index (χ3v) is 11.5. The molecule has 0 aliphatic heterocycles. The molecule has 0 aliphatic rings. The van der Waals surface area contributed by atoms with Gasteiger partial charge >= 0.3 is 207 Å². The molecule has 0 saturated heterocycles. The van der Waals surface area contributed by atoms with Crippen LogP contribution < -0.4 is 0 Å². The van der Waals surface area contributed by atoms with Crippen molar-refractivity contribution in [3.8, 4) is 0 Å². The zero-order chi connectivity index (χ0) is 23.5. The van der Waals surface area contributed by atoms with Crippen LogP contribution >= 0.6 is 23.5 Å². The first-order valence-corrected chi connectivity index (χ1v) is 22.6. The van der Waals surface area contributed by atoms with Crippen LogP contribution in [-0.2, 0) is 15.7 Å². The van der Waals surface area contributed by atoms with E-state index in [0.717, 1.165) is 24.3 Å². The molecule has 2 unspecified atom stereocenters. The van der Waals surface area contributed by atoms with Crippen LogP contribution in [0.25, 0.3) is 0 Å². The molecule has 0 aliphatic carbocycles. The average molecular weight is 583 g/mol. The predicted molar refractivity (Wildman–Crippen MR) is 140 cm³/mol. The summed E-state index contributed by atoms with van der Waals surface area (Å²) >= 11 is -0.331. The standard InChI is InChI=1S/2C11H22O2S.2CH3.Sn/c2*1-3-4-5-6-7-8-9-14-10(2)11(12)13;;;/h2*10H,3-9H2,1-2H3,(H,12,13);2*1H3;/q;;;;+2/p-2. The third-order valence-electron chi connectivity index (χ3n) is 5.09. The van der Waals surface area contributed by atoms with Crippen molar-refractivity contribution < 1.29 is 15.7 Å². The monoisotopic (exact) mass is 584 g/mol. The first kappa shape index (κ1) is 31.4. The Balaban J connectivity index is 4.05. The summed E-state index contributed by atoms with van der Waals surface area (Å²) in [6, 6.07) is 0. The molecule has 2 atom stereocenters. The molecule has 0 aromatic rings. The predicted octanol–water partition coefficient (Wildman–Crippen LogP) is 7.74. The Morgan fingerprint density at radius 3 is 1.32 bits per heavy atom. The van der Waals surface area contributed by atoms with E-state index < -0.39 is 19.2 Å². The van der Waals surface area contributed by atoms with Crippen molar-refractivity contribution in [1.82, 2.24) is 0 Å². The Hall–Kier alpha value is 0.439. The Labute approximate surface area is 206 Å². The summed E-state index contributed by atoms with van der Waals surface area (Å²) in [5, 5.41) is -0.408. The van der Waals surface area contributed by atoms with Gasteiger partial charge in [-0.1, -0.05) is 0 Å². The van der Waals surface area contributed by atoms with Crippen molar-refractivity contribution in [1.29, 1.82) is 0 Å². The topological polar surface area (TPSA) is 52.6 Å². The van der Waals surface area contributed by atoms with E-state index in [-0.39, 0.29) is 22.4 Å². The Kier molecular flexibility index (Phi) is 20.1. The molecule has 0 spiro atoms. The minimum atomic E-state index is -3.63. The van der Waals surface area contributed by atoms with E-state index in [1.807, 2.05) is 23.7 Å². The van der Waals surface area contributed by atoms with Crippen LogP contribution in [0.4, 0.5) is 0 Å². The second-order valence-electron chi connectivity index (χ2n) is 8.80. The maximum absolute atomic E-state index is 12.4. The van der Waals surface area contributed by atoms with Gasteiger partial charge in [-0.3, -0.25) is 0 Å². The number of hydrogen-bond acceptors (Lipinski definition) is 6. The zero-order valence-corrected chi connectivity index (χ0v) is 25.5. The van der Waals surface area contributed by atoms with Crippen LogP contribution in [0.5, 0.6) is 0 Å². The summed E-state index contributed by atoms with van der Waals surface area (Å²) in [4.78, 5) is 28.6. The normalized spacial score (nSPS) is 13.6. The number of hydrogen-bond donors (Lipinski definition) is 0. The first-order valence-electron chi connectivity index (χ1n) is 12.4. The molecule has 0 heterocycles. The average Bonchev–Trinajstić information content (AvgIpc) is 2.71. The fraction of sp³-hybridized carbons (Fsp3) is 0.917. The Morgan fingerprint density at radius 2 is 0.968 bits per heavy atom. The second-order valence-corrected chi connectivity index (χ2v) is 20.9. The van der Waals surface area contributed by atoms with Gasteiger partial charge in [-0.15, -0.1) is 0 Å². The van der Waals surface area contributed by atoms with Gasteiger partial charge in [-0.25, -0.2) is 0 Å². The molecule has 0 rings (SSSR count). The van der Waals surface area contributed by atoms with Gasteiger partial charge in [0.2, 0.25) is 0 Å². The molecular formula is C24H48O4S2Sn. The molecule has 0 saturated carbocycles. The SMILES string of the molecule is CCCCCCCCSC(C)C(=O)[O][Sn]([CH3])([CH3])[O]C(=O)C(C)SCCCCCCCC. The van der Waals surface area contributed by atoms with Gasteiger partial charge in [-0.2, -0.15) is 0 Å². The molecule has 184 valence electrons. The van der Waals surface area contributed by atoms with Gasteiger partial charge in [0.25, 0.3) is 0 Å². The van der Waals surface area contributed by atoms with Crippen molar-refractivity contribution in [3.63, 3.8) is 0 Å². The van der Waals surface area contributed by atoms with Crippen LogP contribution in [0.1, 0.15) is 105 Å². The van der Waals surface area contributed by atoms with Gasteiger partial charge in [0, 0.05) is 0 Å². The Morgan fingerprint density at radius 1 is 0.645 bits per heavy atom. The summed E-state index contributed by atoms with van der Waals surface area (Å²) in [6.45, 7) is 8.24. The molecule has 0 radical (unpaired) electrons. The number of unbranched alkanes of at least 4 members (excludes halogenated alkanes) is 10. The molecular weight excluding hydrogens is 535 g/mol. The zero-order valence-electron chi connectivity index (χ0n) is 21.0. The summed E-state index contributed by atoms with van der Waals surface area (Å²) in [5.74, 6) is 1.50. The van der Waals surface area contributed by atoms with Crippen molar-refractivity contribution in [3.05, 3.63) is 0 Å². The van der Waals surface area contributed by atoms with Gasteiger partial charge < -0.3 is 0 Å². The molecule has 4 nitrogen and oxygen atoms in total. The molecule has 31 heavy (non-hydrogen) atoms. The number of carbonyl (C=O) groups excluding carboxylic acids is 2. The van der Waals surface area contributed by atoms with E-state index in [9.17, 15) is 9.59 Å². The van der Waals surface area contributed by atoms with E-state index >= 15 is 0 Å². The fourth-order valence-electron chi connectivity index (χ4n) is 3.09. The van der Waals surface area contributed by atoms with E-state index in [1.54, 1.807) is 23.5 Å². The van der Waals surface area contributed by atoms with Gasteiger partial charge in [0.1, 0.15) is 0 Å². The maximum atomic E-state index is 12.4. The van der Waals surface area contributed by atoms with E-state index in [2.05, 4.69) is 13.8 Å². The fourth-order valence-corrected chi connectivity index (χ4v) is 9.29. The van der Waals surface area contributed by atoms with Crippen LogP contribution in [0.2, 0.25) is 9.88 Å². The first-order chi connectivity index (χ1) is 14.7. The summed E-state index contributed by atoms with van der Waals surface area (Å²) in [6.07, 6.45) is 15.1. The second kappa shape index (κ2) is 19.9. The molecule has 0 N–H and O–H groups in total. The van der Waals surface area contributed by atoms with Crippen molar-refractivity contribution in [2.45, 2.75) is 125 Å². The molecule has 0 fully saturated rings. The van der Waals surface area contributed by atoms with E-state index in [4.69, 9.17) is 6.15 Å².